The van der Waals surface area contributed by atoms with Gasteiger partial charge >= 0.3 is 15.6 Å². The SMILES string of the molecule is C#Cc1ccccc1C(O)C#C/C=C1/CCC=C1OS(=O)(=O)C(F)(F)F. The van der Waals surface area contributed by atoms with Crippen LogP contribution in [-0.4, -0.2) is 19.0 Å². The minimum Gasteiger partial charge on any atom is -0.376 e. The first-order valence-electron chi connectivity index (χ1n) is 7.30. The minimum atomic E-state index is -5.74. The van der Waals surface area contributed by atoms with E-state index in [0.717, 1.165) is 0 Å². The van der Waals surface area contributed by atoms with Gasteiger partial charge in [-0.15, -0.1) is 6.42 Å². The summed E-state index contributed by atoms with van der Waals surface area (Å²) in [5, 5.41) is 10.1. The highest BCUT2D eigenvalue weighted by atomic mass is 32.2. The van der Waals surface area contributed by atoms with Crippen LogP contribution >= 0.6 is 0 Å². The number of hydrogen-bond acceptors (Lipinski definition) is 4. The van der Waals surface area contributed by atoms with E-state index in [9.17, 15) is 26.7 Å². The zero-order valence-electron chi connectivity index (χ0n) is 13.2. The molecule has 1 unspecified atom stereocenters. The molecule has 26 heavy (non-hydrogen) atoms. The lowest BCUT2D eigenvalue weighted by atomic mass is 10.0. The predicted octanol–water partition coefficient (Wildman–Crippen LogP) is 3.18. The molecule has 0 aliphatic heterocycles. The zero-order valence-corrected chi connectivity index (χ0v) is 14.1. The molecular weight excluding hydrogens is 369 g/mol. The monoisotopic (exact) mass is 382 g/mol. The topological polar surface area (TPSA) is 63.6 Å². The van der Waals surface area contributed by atoms with Crippen LogP contribution in [0, 0.1) is 24.2 Å². The molecule has 0 spiro atoms. The number of halogens is 3. The molecule has 0 bridgehead atoms. The Morgan fingerprint density at radius 3 is 2.65 bits per heavy atom. The van der Waals surface area contributed by atoms with Gasteiger partial charge in [0.2, 0.25) is 0 Å². The molecule has 0 amide bonds. The van der Waals surface area contributed by atoms with Crippen molar-refractivity contribution < 1.29 is 30.9 Å². The highest BCUT2D eigenvalue weighted by Crippen LogP contribution is 2.32. The quantitative estimate of drug-likeness (QED) is 0.496. The average molecular weight is 382 g/mol. The van der Waals surface area contributed by atoms with Crippen LogP contribution in [-0.2, 0) is 14.3 Å². The number of terminal acetylenes is 1. The second-order valence-electron chi connectivity index (χ2n) is 5.18. The van der Waals surface area contributed by atoms with E-state index in [2.05, 4.69) is 21.9 Å². The summed E-state index contributed by atoms with van der Waals surface area (Å²) in [5.74, 6) is 7.00. The number of alkyl halides is 3. The molecule has 8 heteroatoms. The number of benzene rings is 1. The van der Waals surface area contributed by atoms with Gasteiger partial charge in [0.25, 0.3) is 0 Å². The van der Waals surface area contributed by atoms with Crippen LogP contribution < -0.4 is 0 Å². The maximum atomic E-state index is 12.4. The van der Waals surface area contributed by atoms with E-state index >= 15 is 0 Å². The molecule has 0 fully saturated rings. The van der Waals surface area contributed by atoms with Crippen LogP contribution in [0.3, 0.4) is 0 Å². The summed E-state index contributed by atoms with van der Waals surface area (Å²) in [5.41, 5.74) is -4.44. The van der Waals surface area contributed by atoms with Gasteiger partial charge in [-0.3, -0.25) is 0 Å². The number of hydrogen-bond donors (Lipinski definition) is 1. The average Bonchev–Trinajstić information content (AvgIpc) is 3.00. The van der Waals surface area contributed by atoms with Crippen molar-refractivity contribution in [3.05, 3.63) is 58.9 Å². The fourth-order valence-electron chi connectivity index (χ4n) is 2.16. The van der Waals surface area contributed by atoms with Gasteiger partial charge in [0.15, 0.2) is 0 Å². The lowest BCUT2D eigenvalue weighted by Crippen LogP contribution is -2.25. The lowest BCUT2D eigenvalue weighted by Gasteiger charge is -2.10. The van der Waals surface area contributed by atoms with E-state index in [1.54, 1.807) is 24.3 Å². The Labute approximate surface area is 149 Å². The van der Waals surface area contributed by atoms with Gasteiger partial charge in [0.05, 0.1) is 0 Å². The molecule has 1 atom stereocenters. The van der Waals surface area contributed by atoms with E-state index in [1.807, 2.05) is 0 Å². The third-order valence-electron chi connectivity index (χ3n) is 3.42. The second kappa shape index (κ2) is 7.69. The van der Waals surface area contributed by atoms with E-state index in [-0.39, 0.29) is 12.0 Å². The summed E-state index contributed by atoms with van der Waals surface area (Å²) >= 11 is 0. The molecule has 0 saturated carbocycles. The van der Waals surface area contributed by atoms with Gasteiger partial charge in [0.1, 0.15) is 11.9 Å². The summed E-state index contributed by atoms with van der Waals surface area (Å²) in [4.78, 5) is 0. The van der Waals surface area contributed by atoms with E-state index in [0.29, 0.717) is 17.5 Å². The Bertz CT molecular complexity index is 955. The second-order valence-corrected chi connectivity index (χ2v) is 6.72. The number of aliphatic hydroxyl groups excluding tert-OH is 1. The number of rotatable bonds is 3. The summed E-state index contributed by atoms with van der Waals surface area (Å²) < 4.78 is 63.5. The Hall–Kier alpha value is -2.68. The van der Waals surface area contributed by atoms with Crippen LogP contribution in [0.15, 0.2) is 47.7 Å². The van der Waals surface area contributed by atoms with Gasteiger partial charge in [0, 0.05) is 16.7 Å². The summed E-state index contributed by atoms with van der Waals surface area (Å²) in [7, 11) is -5.74. The fourth-order valence-corrected chi connectivity index (χ4v) is 2.67. The van der Waals surface area contributed by atoms with E-state index in [1.165, 1.54) is 12.2 Å². The molecule has 1 aromatic rings. The van der Waals surface area contributed by atoms with Gasteiger partial charge in [-0.25, -0.2) is 0 Å². The maximum absolute atomic E-state index is 12.4. The van der Waals surface area contributed by atoms with Crippen molar-refractivity contribution in [2.45, 2.75) is 24.5 Å². The van der Waals surface area contributed by atoms with Crippen molar-refractivity contribution in [2.24, 2.45) is 0 Å². The molecular formula is C18H13F3O4S. The predicted molar refractivity (Wildman–Crippen MR) is 88.6 cm³/mol. The zero-order chi connectivity index (χ0) is 19.4. The molecule has 4 nitrogen and oxygen atoms in total. The normalized spacial score (nSPS) is 17.0. The van der Waals surface area contributed by atoms with Crippen LogP contribution in [0.2, 0.25) is 0 Å². The van der Waals surface area contributed by atoms with Gasteiger partial charge in [-0.1, -0.05) is 36.0 Å². The van der Waals surface area contributed by atoms with Crippen LogP contribution in [0.1, 0.15) is 30.1 Å². The smallest absolute Gasteiger partial charge is 0.376 e. The standard InChI is InChI=1S/C18H13F3O4S/c1-2-13-7-3-4-10-15(13)16(22)11-5-8-14-9-6-12-17(14)25-26(23,24)18(19,20)21/h1,3-4,7-8,10,12,16,22H,6,9H2/b14-8-. The Balaban J connectivity index is 2.18. The third kappa shape index (κ3) is 4.48. The first-order chi connectivity index (χ1) is 12.2. The van der Waals surface area contributed by atoms with Crippen molar-refractivity contribution in [2.75, 3.05) is 0 Å². The highest BCUT2D eigenvalue weighted by Gasteiger charge is 2.49. The molecule has 1 aromatic carbocycles. The minimum absolute atomic E-state index is 0.197. The lowest BCUT2D eigenvalue weighted by molar-refractivity contribution is -0.0520. The van der Waals surface area contributed by atoms with Crippen molar-refractivity contribution in [3.63, 3.8) is 0 Å². The largest absolute Gasteiger partial charge is 0.534 e. The molecule has 1 aliphatic carbocycles. The molecule has 1 aliphatic rings. The molecule has 2 rings (SSSR count). The van der Waals surface area contributed by atoms with Crippen molar-refractivity contribution in [3.8, 4) is 24.2 Å². The molecule has 0 heterocycles. The van der Waals surface area contributed by atoms with Crippen molar-refractivity contribution >= 4 is 10.1 Å². The number of aliphatic hydroxyl groups is 1. The van der Waals surface area contributed by atoms with Crippen LogP contribution in [0.4, 0.5) is 13.2 Å². The maximum Gasteiger partial charge on any atom is 0.534 e. The summed E-state index contributed by atoms with van der Waals surface area (Å²) in [6.07, 6.45) is 7.18. The molecule has 0 radical (unpaired) electrons. The number of allylic oxidation sites excluding steroid dienone is 3. The van der Waals surface area contributed by atoms with Gasteiger partial charge in [-0.2, -0.15) is 21.6 Å². The molecule has 0 saturated heterocycles. The Kier molecular flexibility index (Phi) is 5.81. The van der Waals surface area contributed by atoms with Gasteiger partial charge < -0.3 is 9.29 Å². The molecule has 136 valence electrons. The Morgan fingerprint density at radius 1 is 1.31 bits per heavy atom. The van der Waals surface area contributed by atoms with Gasteiger partial charge in [-0.05, 0) is 31.1 Å². The van der Waals surface area contributed by atoms with Crippen LogP contribution in [0.25, 0.3) is 0 Å². The van der Waals surface area contributed by atoms with E-state index < -0.39 is 27.5 Å². The third-order valence-corrected chi connectivity index (χ3v) is 4.39. The fraction of sp³-hybridized carbons (Fsp3) is 0.222. The summed E-state index contributed by atoms with van der Waals surface area (Å²) in [6, 6.07) is 6.61. The van der Waals surface area contributed by atoms with Crippen LogP contribution in [0.5, 0.6) is 0 Å². The van der Waals surface area contributed by atoms with Crippen molar-refractivity contribution in [1.82, 2.24) is 0 Å². The highest BCUT2D eigenvalue weighted by molar-refractivity contribution is 7.87. The Morgan fingerprint density at radius 2 is 2.00 bits per heavy atom. The molecule has 0 aromatic heterocycles. The summed E-state index contributed by atoms with van der Waals surface area (Å²) in [6.45, 7) is 0. The molecule has 1 N–H and O–H groups in total. The first kappa shape index (κ1) is 19.6. The van der Waals surface area contributed by atoms with Crippen molar-refractivity contribution in [1.29, 1.82) is 0 Å². The first-order valence-corrected chi connectivity index (χ1v) is 8.71. The van der Waals surface area contributed by atoms with E-state index in [4.69, 9.17) is 6.42 Å².